The number of aromatic amines is 1. The van der Waals surface area contributed by atoms with Crippen molar-refractivity contribution in [2.45, 2.75) is 40.2 Å². The molecule has 2 heterocycles. The second kappa shape index (κ2) is 5.26. The number of anilines is 1. The van der Waals surface area contributed by atoms with Crippen LogP contribution in [0.5, 0.6) is 0 Å². The molecule has 102 valence electrons. The van der Waals surface area contributed by atoms with E-state index in [4.69, 9.17) is 0 Å². The molecule has 0 aliphatic carbocycles. The molecule has 19 heavy (non-hydrogen) atoms. The maximum Gasteiger partial charge on any atom is 0.275 e. The van der Waals surface area contributed by atoms with E-state index >= 15 is 0 Å². The Labute approximate surface area is 112 Å². The standard InChI is InChI=1S/C13H19N5O/c1-5-18-11(6-9(4)17-18)13(19)14-12-7-10(8(2)3)15-16-12/h6-8H,5H2,1-4H3,(H2,14,15,16,19). The van der Waals surface area contributed by atoms with Crippen LogP contribution in [-0.2, 0) is 6.54 Å². The van der Waals surface area contributed by atoms with Gasteiger partial charge in [0.15, 0.2) is 5.82 Å². The number of carbonyl (C=O) groups excluding carboxylic acids is 1. The van der Waals surface area contributed by atoms with Crippen LogP contribution >= 0.6 is 0 Å². The van der Waals surface area contributed by atoms with E-state index in [0.29, 0.717) is 24.0 Å². The maximum atomic E-state index is 12.2. The quantitative estimate of drug-likeness (QED) is 0.886. The average molecular weight is 261 g/mol. The van der Waals surface area contributed by atoms with E-state index in [1.54, 1.807) is 10.7 Å². The molecule has 0 aliphatic rings. The molecule has 6 heteroatoms. The molecule has 0 fully saturated rings. The molecule has 2 rings (SSSR count). The number of H-pyrrole nitrogens is 1. The van der Waals surface area contributed by atoms with Crippen LogP contribution in [0.2, 0.25) is 0 Å². The summed E-state index contributed by atoms with van der Waals surface area (Å²) in [5.74, 6) is 0.695. The number of amides is 1. The summed E-state index contributed by atoms with van der Waals surface area (Å²) in [5, 5.41) is 14.0. The zero-order valence-electron chi connectivity index (χ0n) is 11.7. The lowest BCUT2D eigenvalue weighted by molar-refractivity contribution is 0.101. The van der Waals surface area contributed by atoms with Crippen molar-refractivity contribution in [3.05, 3.63) is 29.2 Å². The lowest BCUT2D eigenvalue weighted by Gasteiger charge is -2.03. The Hall–Kier alpha value is -2.11. The fraction of sp³-hybridized carbons (Fsp3) is 0.462. The highest BCUT2D eigenvalue weighted by molar-refractivity contribution is 6.02. The summed E-state index contributed by atoms with van der Waals surface area (Å²) in [6, 6.07) is 3.62. The first-order valence-electron chi connectivity index (χ1n) is 6.42. The second-order valence-corrected chi connectivity index (χ2v) is 4.80. The molecule has 0 saturated heterocycles. The van der Waals surface area contributed by atoms with Gasteiger partial charge in [-0.05, 0) is 25.8 Å². The molecule has 2 aromatic rings. The van der Waals surface area contributed by atoms with Crippen LogP contribution < -0.4 is 5.32 Å². The number of aromatic nitrogens is 4. The highest BCUT2D eigenvalue weighted by Gasteiger charge is 2.15. The van der Waals surface area contributed by atoms with Crippen molar-refractivity contribution in [2.24, 2.45) is 0 Å². The van der Waals surface area contributed by atoms with Gasteiger partial charge in [-0.2, -0.15) is 10.2 Å². The monoisotopic (exact) mass is 261 g/mol. The van der Waals surface area contributed by atoms with E-state index in [9.17, 15) is 4.79 Å². The Kier molecular flexibility index (Phi) is 3.69. The van der Waals surface area contributed by atoms with Crippen molar-refractivity contribution in [1.29, 1.82) is 0 Å². The molecule has 6 nitrogen and oxygen atoms in total. The van der Waals surface area contributed by atoms with E-state index in [1.165, 1.54) is 0 Å². The number of rotatable bonds is 4. The van der Waals surface area contributed by atoms with Gasteiger partial charge in [-0.3, -0.25) is 14.6 Å². The molecule has 1 amide bonds. The third-order valence-corrected chi connectivity index (χ3v) is 2.90. The summed E-state index contributed by atoms with van der Waals surface area (Å²) in [4.78, 5) is 12.2. The van der Waals surface area contributed by atoms with E-state index in [-0.39, 0.29) is 5.91 Å². The molecular formula is C13H19N5O. The largest absolute Gasteiger partial charge is 0.304 e. The van der Waals surface area contributed by atoms with Crippen LogP contribution in [0.25, 0.3) is 0 Å². The first-order valence-corrected chi connectivity index (χ1v) is 6.42. The number of hydrogen-bond donors (Lipinski definition) is 2. The van der Waals surface area contributed by atoms with Crippen LogP contribution in [0.4, 0.5) is 5.82 Å². The van der Waals surface area contributed by atoms with Crippen molar-refractivity contribution in [2.75, 3.05) is 5.32 Å². The highest BCUT2D eigenvalue weighted by atomic mass is 16.2. The molecule has 0 aromatic carbocycles. The summed E-state index contributed by atoms with van der Waals surface area (Å²) in [6.07, 6.45) is 0. The first kappa shape index (κ1) is 13.3. The van der Waals surface area contributed by atoms with Gasteiger partial charge in [0, 0.05) is 18.3 Å². The minimum Gasteiger partial charge on any atom is -0.304 e. The van der Waals surface area contributed by atoms with Crippen molar-refractivity contribution in [3.63, 3.8) is 0 Å². The molecule has 0 bridgehead atoms. The smallest absolute Gasteiger partial charge is 0.275 e. The third-order valence-electron chi connectivity index (χ3n) is 2.90. The highest BCUT2D eigenvalue weighted by Crippen LogP contribution is 2.15. The van der Waals surface area contributed by atoms with E-state index in [2.05, 4.69) is 34.5 Å². The fourth-order valence-electron chi connectivity index (χ4n) is 1.85. The van der Waals surface area contributed by atoms with Crippen molar-refractivity contribution in [1.82, 2.24) is 20.0 Å². The topological polar surface area (TPSA) is 75.6 Å². The van der Waals surface area contributed by atoms with E-state index in [0.717, 1.165) is 11.4 Å². The summed E-state index contributed by atoms with van der Waals surface area (Å²) >= 11 is 0. The van der Waals surface area contributed by atoms with Crippen LogP contribution in [-0.4, -0.2) is 25.9 Å². The van der Waals surface area contributed by atoms with Gasteiger partial charge in [-0.25, -0.2) is 0 Å². The number of hydrogen-bond acceptors (Lipinski definition) is 3. The maximum absolute atomic E-state index is 12.2. The zero-order valence-corrected chi connectivity index (χ0v) is 11.7. The molecule has 0 atom stereocenters. The number of nitrogens with one attached hydrogen (secondary N) is 2. The molecule has 0 unspecified atom stereocenters. The molecule has 0 saturated carbocycles. The molecule has 0 aliphatic heterocycles. The molecule has 2 N–H and O–H groups in total. The molecule has 0 radical (unpaired) electrons. The van der Waals surface area contributed by atoms with Crippen LogP contribution in [0.1, 0.15) is 48.6 Å². The zero-order chi connectivity index (χ0) is 14.0. The van der Waals surface area contributed by atoms with Crippen molar-refractivity contribution >= 4 is 11.7 Å². The number of carbonyl (C=O) groups is 1. The average Bonchev–Trinajstić information content (AvgIpc) is 2.95. The predicted octanol–water partition coefficient (Wildman–Crippen LogP) is 2.31. The summed E-state index contributed by atoms with van der Waals surface area (Å²) in [6.45, 7) is 8.61. The Morgan fingerprint density at radius 1 is 1.47 bits per heavy atom. The minimum absolute atomic E-state index is 0.191. The predicted molar refractivity (Wildman–Crippen MR) is 73.3 cm³/mol. The van der Waals surface area contributed by atoms with Crippen LogP contribution in [0, 0.1) is 6.92 Å². The lowest BCUT2D eigenvalue weighted by Crippen LogP contribution is -2.17. The number of nitrogens with zero attached hydrogens (tertiary/aromatic N) is 3. The minimum atomic E-state index is -0.191. The van der Waals surface area contributed by atoms with Gasteiger partial charge < -0.3 is 5.32 Å². The van der Waals surface area contributed by atoms with Gasteiger partial charge in [0.1, 0.15) is 5.69 Å². The van der Waals surface area contributed by atoms with Crippen molar-refractivity contribution in [3.8, 4) is 0 Å². The van der Waals surface area contributed by atoms with Gasteiger partial charge in [0.05, 0.1) is 5.69 Å². The van der Waals surface area contributed by atoms with E-state index < -0.39 is 0 Å². The van der Waals surface area contributed by atoms with E-state index in [1.807, 2.05) is 19.9 Å². The molecule has 0 spiro atoms. The lowest BCUT2D eigenvalue weighted by atomic mass is 10.1. The Bertz CT molecular complexity index is 582. The Morgan fingerprint density at radius 3 is 2.79 bits per heavy atom. The fourth-order valence-corrected chi connectivity index (χ4v) is 1.85. The van der Waals surface area contributed by atoms with Crippen LogP contribution in [0.15, 0.2) is 12.1 Å². The molecule has 2 aromatic heterocycles. The van der Waals surface area contributed by atoms with Gasteiger partial charge in [0.25, 0.3) is 5.91 Å². The van der Waals surface area contributed by atoms with Gasteiger partial charge in [0.2, 0.25) is 0 Å². The first-order chi connectivity index (χ1) is 9.01. The second-order valence-electron chi connectivity index (χ2n) is 4.80. The third kappa shape index (κ3) is 2.83. The van der Waals surface area contributed by atoms with Gasteiger partial charge in [-0.1, -0.05) is 13.8 Å². The number of aryl methyl sites for hydroxylation is 2. The Balaban J connectivity index is 2.15. The van der Waals surface area contributed by atoms with Gasteiger partial charge in [-0.15, -0.1) is 0 Å². The van der Waals surface area contributed by atoms with Crippen LogP contribution in [0.3, 0.4) is 0 Å². The molecular weight excluding hydrogens is 242 g/mol. The SMILES string of the molecule is CCn1nc(C)cc1C(=O)Nc1cc(C(C)C)[nH]n1. The van der Waals surface area contributed by atoms with Crippen molar-refractivity contribution < 1.29 is 4.79 Å². The normalized spacial score (nSPS) is 11.0. The summed E-state index contributed by atoms with van der Waals surface area (Å²) in [7, 11) is 0. The Morgan fingerprint density at radius 2 is 2.21 bits per heavy atom. The summed E-state index contributed by atoms with van der Waals surface area (Å²) < 4.78 is 1.68. The van der Waals surface area contributed by atoms with Gasteiger partial charge >= 0.3 is 0 Å². The summed E-state index contributed by atoms with van der Waals surface area (Å²) in [5.41, 5.74) is 2.38.